The molecule has 0 bridgehead atoms. The number of hydrogen-bond donors (Lipinski definition) is 2. The van der Waals surface area contributed by atoms with Crippen LogP contribution in [0.5, 0.6) is 0 Å². The van der Waals surface area contributed by atoms with Gasteiger partial charge in [-0.1, -0.05) is 6.07 Å². The van der Waals surface area contributed by atoms with E-state index in [1.54, 1.807) is 6.20 Å². The molecule has 0 aliphatic heterocycles. The number of aliphatic hydroxyl groups excluding tert-OH is 1. The summed E-state index contributed by atoms with van der Waals surface area (Å²) in [5.74, 6) is 0.909. The van der Waals surface area contributed by atoms with Crippen molar-refractivity contribution in [3.63, 3.8) is 0 Å². The summed E-state index contributed by atoms with van der Waals surface area (Å²) in [5, 5.41) is 12.8. The first-order valence-electron chi connectivity index (χ1n) is 5.20. The van der Waals surface area contributed by atoms with E-state index in [4.69, 9.17) is 0 Å². The molecule has 1 aromatic heterocycles. The van der Waals surface area contributed by atoms with Gasteiger partial charge in [0.15, 0.2) is 0 Å². The van der Waals surface area contributed by atoms with Crippen LogP contribution in [-0.4, -0.2) is 22.2 Å². The highest BCUT2D eigenvalue weighted by Crippen LogP contribution is 2.20. The summed E-state index contributed by atoms with van der Waals surface area (Å²) in [7, 11) is 0. The fraction of sp³-hybridized carbons (Fsp3) is 0.545. The number of pyridine rings is 1. The van der Waals surface area contributed by atoms with Crippen molar-refractivity contribution < 1.29 is 5.11 Å². The van der Waals surface area contributed by atoms with Gasteiger partial charge in [-0.15, -0.1) is 0 Å². The molecule has 0 spiro atoms. The molecule has 0 amide bonds. The first-order chi connectivity index (χ1) is 6.84. The zero-order valence-corrected chi connectivity index (χ0v) is 8.19. The highest BCUT2D eigenvalue weighted by Gasteiger charge is 2.19. The van der Waals surface area contributed by atoms with E-state index >= 15 is 0 Å². The Hall–Kier alpha value is -1.09. The van der Waals surface area contributed by atoms with Gasteiger partial charge in [0.25, 0.3) is 0 Å². The van der Waals surface area contributed by atoms with Gasteiger partial charge in [0.05, 0.1) is 6.10 Å². The highest BCUT2D eigenvalue weighted by atomic mass is 16.3. The molecule has 1 fully saturated rings. The van der Waals surface area contributed by atoms with Crippen LogP contribution in [0.25, 0.3) is 0 Å². The largest absolute Gasteiger partial charge is 0.393 e. The molecule has 1 aliphatic rings. The molecule has 1 heterocycles. The first kappa shape index (κ1) is 9.46. The van der Waals surface area contributed by atoms with E-state index < -0.39 is 0 Å². The maximum absolute atomic E-state index is 9.50. The minimum absolute atomic E-state index is 0.134. The molecular weight excluding hydrogens is 176 g/mol. The average Bonchev–Trinajstić information content (AvgIpc) is 2.19. The highest BCUT2D eigenvalue weighted by molar-refractivity contribution is 5.34. The van der Waals surface area contributed by atoms with Crippen LogP contribution in [0, 0.1) is 0 Å². The second-order valence-corrected chi connectivity index (χ2v) is 3.88. The van der Waals surface area contributed by atoms with Crippen LogP contribution in [-0.2, 0) is 0 Å². The van der Waals surface area contributed by atoms with Gasteiger partial charge < -0.3 is 10.4 Å². The van der Waals surface area contributed by atoms with Crippen LogP contribution in [0.3, 0.4) is 0 Å². The molecule has 2 atom stereocenters. The van der Waals surface area contributed by atoms with Gasteiger partial charge >= 0.3 is 0 Å². The molecule has 1 saturated carbocycles. The minimum atomic E-state index is -0.134. The second-order valence-electron chi connectivity index (χ2n) is 3.88. The van der Waals surface area contributed by atoms with Gasteiger partial charge in [0.1, 0.15) is 5.82 Å². The molecule has 2 N–H and O–H groups in total. The number of aromatic nitrogens is 1. The Morgan fingerprint density at radius 3 is 3.00 bits per heavy atom. The number of nitrogens with zero attached hydrogens (tertiary/aromatic N) is 1. The van der Waals surface area contributed by atoms with Crippen molar-refractivity contribution in [2.24, 2.45) is 0 Å². The Balaban J connectivity index is 1.91. The van der Waals surface area contributed by atoms with Crippen LogP contribution in [0.15, 0.2) is 24.4 Å². The molecule has 2 rings (SSSR count). The van der Waals surface area contributed by atoms with Gasteiger partial charge in [-0.3, -0.25) is 0 Å². The van der Waals surface area contributed by atoms with Crippen molar-refractivity contribution in [1.29, 1.82) is 0 Å². The monoisotopic (exact) mass is 192 g/mol. The van der Waals surface area contributed by atoms with E-state index in [0.717, 1.165) is 31.5 Å². The summed E-state index contributed by atoms with van der Waals surface area (Å²) in [5.41, 5.74) is 0. The smallest absolute Gasteiger partial charge is 0.126 e. The van der Waals surface area contributed by atoms with Crippen molar-refractivity contribution in [3.8, 4) is 0 Å². The van der Waals surface area contributed by atoms with E-state index in [2.05, 4.69) is 10.3 Å². The lowest BCUT2D eigenvalue weighted by Crippen LogP contribution is -2.30. The zero-order chi connectivity index (χ0) is 9.80. The normalized spacial score (nSPS) is 27.2. The van der Waals surface area contributed by atoms with E-state index in [9.17, 15) is 5.11 Å². The zero-order valence-electron chi connectivity index (χ0n) is 8.19. The van der Waals surface area contributed by atoms with E-state index in [1.165, 1.54) is 0 Å². The summed E-state index contributed by atoms with van der Waals surface area (Å²) in [6, 6.07) is 6.21. The predicted octanol–water partition coefficient (Wildman–Crippen LogP) is 1.80. The molecule has 0 saturated heterocycles. The first-order valence-corrected chi connectivity index (χ1v) is 5.20. The summed E-state index contributed by atoms with van der Waals surface area (Å²) < 4.78 is 0. The minimum Gasteiger partial charge on any atom is -0.393 e. The van der Waals surface area contributed by atoms with Crippen LogP contribution in [0.2, 0.25) is 0 Å². The van der Waals surface area contributed by atoms with Gasteiger partial charge in [0, 0.05) is 12.2 Å². The predicted molar refractivity (Wildman–Crippen MR) is 56.1 cm³/mol. The van der Waals surface area contributed by atoms with Gasteiger partial charge in [0.2, 0.25) is 0 Å². The maximum atomic E-state index is 9.50. The number of anilines is 1. The lowest BCUT2D eigenvalue weighted by Gasteiger charge is -2.26. The Bertz CT molecular complexity index is 276. The van der Waals surface area contributed by atoms with Gasteiger partial charge in [-0.25, -0.2) is 4.98 Å². The molecular formula is C11H16N2O. The molecule has 14 heavy (non-hydrogen) atoms. The Morgan fingerprint density at radius 1 is 1.36 bits per heavy atom. The number of nitrogens with one attached hydrogen (secondary N) is 1. The standard InChI is InChI=1S/C11H16N2O/c14-10-5-3-4-9(8-10)13-11-6-1-2-7-12-11/h1-2,6-7,9-10,14H,3-5,8H2,(H,12,13). The van der Waals surface area contributed by atoms with Gasteiger partial charge in [-0.05, 0) is 37.8 Å². The summed E-state index contributed by atoms with van der Waals surface area (Å²) >= 11 is 0. The third kappa shape index (κ3) is 2.45. The Kier molecular flexibility index (Phi) is 2.99. The molecule has 1 aromatic rings. The van der Waals surface area contributed by atoms with Crippen molar-refractivity contribution in [3.05, 3.63) is 24.4 Å². The van der Waals surface area contributed by atoms with Crippen LogP contribution >= 0.6 is 0 Å². The van der Waals surface area contributed by atoms with E-state index in [-0.39, 0.29) is 6.10 Å². The van der Waals surface area contributed by atoms with Crippen LogP contribution in [0.4, 0.5) is 5.82 Å². The van der Waals surface area contributed by atoms with Crippen LogP contribution in [0.1, 0.15) is 25.7 Å². The third-order valence-electron chi connectivity index (χ3n) is 2.66. The SMILES string of the molecule is OC1CCCC(Nc2ccccn2)C1. The fourth-order valence-electron chi connectivity index (χ4n) is 1.95. The number of hydrogen-bond acceptors (Lipinski definition) is 3. The summed E-state index contributed by atoms with van der Waals surface area (Å²) in [6.45, 7) is 0. The van der Waals surface area contributed by atoms with Gasteiger partial charge in [-0.2, -0.15) is 0 Å². The van der Waals surface area contributed by atoms with E-state index in [0.29, 0.717) is 6.04 Å². The molecule has 3 heteroatoms. The number of aliphatic hydroxyl groups is 1. The van der Waals surface area contributed by atoms with Crippen molar-refractivity contribution >= 4 is 5.82 Å². The summed E-state index contributed by atoms with van der Waals surface area (Å²) in [4.78, 5) is 4.21. The molecule has 0 aromatic carbocycles. The molecule has 3 nitrogen and oxygen atoms in total. The lowest BCUT2D eigenvalue weighted by molar-refractivity contribution is 0.124. The molecule has 1 aliphatic carbocycles. The molecule has 0 radical (unpaired) electrons. The Morgan fingerprint density at radius 2 is 2.29 bits per heavy atom. The average molecular weight is 192 g/mol. The van der Waals surface area contributed by atoms with E-state index in [1.807, 2.05) is 18.2 Å². The third-order valence-corrected chi connectivity index (χ3v) is 2.66. The Labute approximate surface area is 84.2 Å². The maximum Gasteiger partial charge on any atom is 0.126 e. The van der Waals surface area contributed by atoms with Crippen molar-refractivity contribution in [1.82, 2.24) is 4.98 Å². The lowest BCUT2D eigenvalue weighted by atomic mass is 9.93. The quantitative estimate of drug-likeness (QED) is 0.751. The molecule has 76 valence electrons. The van der Waals surface area contributed by atoms with Crippen LogP contribution < -0.4 is 5.32 Å². The van der Waals surface area contributed by atoms with Crippen molar-refractivity contribution in [2.75, 3.05) is 5.32 Å². The second kappa shape index (κ2) is 4.42. The topological polar surface area (TPSA) is 45.1 Å². The number of rotatable bonds is 2. The summed E-state index contributed by atoms with van der Waals surface area (Å²) in [6.07, 6.45) is 5.67. The fourth-order valence-corrected chi connectivity index (χ4v) is 1.95. The molecule has 2 unspecified atom stereocenters. The van der Waals surface area contributed by atoms with Crippen molar-refractivity contribution in [2.45, 2.75) is 37.8 Å².